The van der Waals surface area contributed by atoms with Gasteiger partial charge in [-0.05, 0) is 38.3 Å². The smallest absolute Gasteiger partial charge is 0.224 e. The summed E-state index contributed by atoms with van der Waals surface area (Å²) in [5.74, 6) is 0.762. The first-order chi connectivity index (χ1) is 8.70. The lowest BCUT2D eigenvalue weighted by Gasteiger charge is -2.24. The number of hydrogen-bond acceptors (Lipinski definition) is 4. The summed E-state index contributed by atoms with van der Waals surface area (Å²) in [6, 6.07) is 0.481. The highest BCUT2D eigenvalue weighted by molar-refractivity contribution is 6.28. The van der Waals surface area contributed by atoms with Gasteiger partial charge in [0, 0.05) is 12.3 Å². The molecule has 0 aromatic carbocycles. The average molecular weight is 267 g/mol. The van der Waals surface area contributed by atoms with Gasteiger partial charge in [0.05, 0.1) is 5.69 Å². The first-order valence-corrected chi connectivity index (χ1v) is 6.88. The van der Waals surface area contributed by atoms with Crippen LogP contribution in [0.4, 0.5) is 11.5 Å². The predicted molar refractivity (Wildman–Crippen MR) is 76.1 cm³/mol. The summed E-state index contributed by atoms with van der Waals surface area (Å²) >= 11 is 5.93. The zero-order chi connectivity index (χ0) is 13.0. The zero-order valence-corrected chi connectivity index (χ0v) is 11.7. The Balaban J connectivity index is 2.24. The minimum atomic E-state index is 0.279. The first-order valence-electron chi connectivity index (χ1n) is 6.50. The summed E-state index contributed by atoms with van der Waals surface area (Å²) in [5, 5.41) is 3.75. The van der Waals surface area contributed by atoms with E-state index in [1.807, 2.05) is 13.8 Å². The summed E-state index contributed by atoms with van der Waals surface area (Å²) in [6.07, 6.45) is 8.03. The molecule has 1 aromatic rings. The number of aliphatic imine (C=N–C) groups is 1. The van der Waals surface area contributed by atoms with Crippen molar-refractivity contribution >= 4 is 29.3 Å². The zero-order valence-electron chi connectivity index (χ0n) is 10.9. The minimum Gasteiger partial charge on any atom is -0.365 e. The van der Waals surface area contributed by atoms with Crippen molar-refractivity contribution in [3.05, 3.63) is 11.0 Å². The molecule has 18 heavy (non-hydrogen) atoms. The highest BCUT2D eigenvalue weighted by Gasteiger charge is 2.17. The third-order valence-corrected chi connectivity index (χ3v) is 3.40. The van der Waals surface area contributed by atoms with Crippen LogP contribution >= 0.6 is 11.6 Å². The molecule has 5 heteroatoms. The Morgan fingerprint density at radius 2 is 2.00 bits per heavy atom. The quantitative estimate of drug-likeness (QED) is 0.667. The monoisotopic (exact) mass is 266 g/mol. The second kappa shape index (κ2) is 6.14. The molecule has 0 radical (unpaired) electrons. The summed E-state index contributed by atoms with van der Waals surface area (Å²) in [4.78, 5) is 12.8. The number of hydrogen-bond donors (Lipinski definition) is 1. The molecule has 0 bridgehead atoms. The van der Waals surface area contributed by atoms with Gasteiger partial charge in [0.1, 0.15) is 5.69 Å². The van der Waals surface area contributed by atoms with Gasteiger partial charge in [-0.2, -0.15) is 4.98 Å². The van der Waals surface area contributed by atoms with Crippen LogP contribution in [0.2, 0.25) is 5.28 Å². The molecule has 0 saturated heterocycles. The highest BCUT2D eigenvalue weighted by Crippen LogP contribution is 2.30. The van der Waals surface area contributed by atoms with Crippen LogP contribution in [-0.4, -0.2) is 22.2 Å². The van der Waals surface area contributed by atoms with Crippen LogP contribution in [0.1, 0.15) is 44.7 Å². The molecule has 1 fully saturated rings. The lowest BCUT2D eigenvalue weighted by atomic mass is 9.95. The van der Waals surface area contributed by atoms with Crippen molar-refractivity contribution in [2.45, 2.75) is 52.0 Å². The molecule has 1 aliphatic rings. The van der Waals surface area contributed by atoms with Crippen LogP contribution in [0.25, 0.3) is 0 Å². The molecule has 98 valence electrons. The number of halogens is 1. The number of rotatable bonds is 3. The Kier molecular flexibility index (Phi) is 4.53. The summed E-state index contributed by atoms with van der Waals surface area (Å²) < 4.78 is 0. The number of aryl methyl sites for hydroxylation is 1. The normalized spacial score (nSPS) is 17.3. The van der Waals surface area contributed by atoms with E-state index in [4.69, 9.17) is 11.6 Å². The second-order valence-corrected chi connectivity index (χ2v) is 4.98. The molecule has 2 rings (SSSR count). The van der Waals surface area contributed by atoms with E-state index < -0.39 is 0 Å². The minimum absolute atomic E-state index is 0.279. The van der Waals surface area contributed by atoms with E-state index in [0.717, 1.165) is 17.2 Å². The standard InChI is InChI=1S/C13H19ClN4/c1-3-15-11-9(2)16-13(14)18-12(11)17-10-7-5-4-6-8-10/h3,10H,4-8H2,1-2H3,(H,16,17,18). The predicted octanol–water partition coefficient (Wildman–Crippen LogP) is 3.91. The van der Waals surface area contributed by atoms with Crippen molar-refractivity contribution in [1.29, 1.82) is 0 Å². The number of nitrogens with zero attached hydrogens (tertiary/aromatic N) is 3. The van der Waals surface area contributed by atoms with Crippen molar-refractivity contribution in [3.63, 3.8) is 0 Å². The van der Waals surface area contributed by atoms with E-state index >= 15 is 0 Å². The molecule has 1 N–H and O–H groups in total. The van der Waals surface area contributed by atoms with Crippen molar-refractivity contribution in [1.82, 2.24) is 9.97 Å². The third-order valence-electron chi connectivity index (χ3n) is 3.24. The lowest BCUT2D eigenvalue weighted by Crippen LogP contribution is -2.23. The third kappa shape index (κ3) is 3.19. The highest BCUT2D eigenvalue weighted by atomic mass is 35.5. The maximum atomic E-state index is 5.93. The summed E-state index contributed by atoms with van der Waals surface area (Å²) in [7, 11) is 0. The second-order valence-electron chi connectivity index (χ2n) is 4.64. The van der Waals surface area contributed by atoms with E-state index in [0.29, 0.717) is 6.04 Å². The van der Waals surface area contributed by atoms with E-state index in [9.17, 15) is 0 Å². The molecule has 1 aromatic heterocycles. The molecule has 0 spiro atoms. The van der Waals surface area contributed by atoms with Crippen molar-refractivity contribution in [3.8, 4) is 0 Å². The van der Waals surface area contributed by atoms with Gasteiger partial charge in [0.15, 0.2) is 5.82 Å². The van der Waals surface area contributed by atoms with E-state index in [1.54, 1.807) is 6.21 Å². The van der Waals surface area contributed by atoms with Crippen LogP contribution in [0.5, 0.6) is 0 Å². The topological polar surface area (TPSA) is 50.2 Å². The number of aromatic nitrogens is 2. The molecule has 1 saturated carbocycles. The van der Waals surface area contributed by atoms with E-state index in [-0.39, 0.29) is 5.28 Å². The molecule has 0 unspecified atom stereocenters. The molecular weight excluding hydrogens is 248 g/mol. The molecule has 1 aliphatic carbocycles. The molecular formula is C13H19ClN4. The SMILES string of the molecule is CC=Nc1c(C)nc(Cl)nc1NC1CCCCC1. The summed E-state index contributed by atoms with van der Waals surface area (Å²) in [6.45, 7) is 3.79. The molecule has 0 aliphatic heterocycles. The van der Waals surface area contributed by atoms with Gasteiger partial charge in [-0.25, -0.2) is 4.98 Å². The van der Waals surface area contributed by atoms with Gasteiger partial charge >= 0.3 is 0 Å². The number of nitrogens with one attached hydrogen (secondary N) is 1. The maximum Gasteiger partial charge on any atom is 0.224 e. The Morgan fingerprint density at radius 1 is 1.28 bits per heavy atom. The molecule has 4 nitrogen and oxygen atoms in total. The van der Waals surface area contributed by atoms with Crippen LogP contribution in [0, 0.1) is 6.92 Å². The van der Waals surface area contributed by atoms with Crippen molar-refractivity contribution in [2.24, 2.45) is 4.99 Å². The Morgan fingerprint density at radius 3 is 2.67 bits per heavy atom. The largest absolute Gasteiger partial charge is 0.365 e. The Labute approximate surface area is 113 Å². The van der Waals surface area contributed by atoms with Gasteiger partial charge in [-0.3, -0.25) is 4.99 Å². The Bertz CT molecular complexity index is 439. The fourth-order valence-electron chi connectivity index (χ4n) is 2.36. The van der Waals surface area contributed by atoms with Crippen LogP contribution in [-0.2, 0) is 0 Å². The first kappa shape index (κ1) is 13.3. The number of anilines is 1. The fraction of sp³-hybridized carbons (Fsp3) is 0.615. The van der Waals surface area contributed by atoms with Crippen molar-refractivity contribution in [2.75, 3.05) is 5.32 Å². The van der Waals surface area contributed by atoms with Crippen LogP contribution < -0.4 is 5.32 Å². The molecule has 0 atom stereocenters. The van der Waals surface area contributed by atoms with Gasteiger partial charge in [-0.1, -0.05) is 19.3 Å². The molecule has 0 amide bonds. The van der Waals surface area contributed by atoms with Gasteiger partial charge in [0.2, 0.25) is 5.28 Å². The van der Waals surface area contributed by atoms with Crippen LogP contribution in [0.3, 0.4) is 0 Å². The summed E-state index contributed by atoms with van der Waals surface area (Å²) in [5.41, 5.74) is 1.61. The van der Waals surface area contributed by atoms with Gasteiger partial charge in [-0.15, -0.1) is 0 Å². The molecule has 1 heterocycles. The van der Waals surface area contributed by atoms with E-state index in [1.165, 1.54) is 32.1 Å². The fourth-order valence-corrected chi connectivity index (χ4v) is 2.57. The average Bonchev–Trinajstić information content (AvgIpc) is 2.35. The van der Waals surface area contributed by atoms with Crippen molar-refractivity contribution < 1.29 is 0 Å². The van der Waals surface area contributed by atoms with Gasteiger partial charge < -0.3 is 5.32 Å². The van der Waals surface area contributed by atoms with Crippen LogP contribution in [0.15, 0.2) is 4.99 Å². The van der Waals surface area contributed by atoms with Gasteiger partial charge in [0.25, 0.3) is 0 Å². The Hall–Kier alpha value is -1.16. The van der Waals surface area contributed by atoms with E-state index in [2.05, 4.69) is 20.3 Å². The lowest BCUT2D eigenvalue weighted by molar-refractivity contribution is 0.462. The maximum absolute atomic E-state index is 5.93.